The standard InChI is InChI=1S/C10H20NO4P/c1-5-13-16(12,14-6-2)9(4)10-7-8(3)11-15-10/h9-10H,5-7H2,1-4H3. The van der Waals surface area contributed by atoms with Crippen molar-refractivity contribution in [3.05, 3.63) is 0 Å². The van der Waals surface area contributed by atoms with Crippen molar-refractivity contribution in [1.29, 1.82) is 0 Å². The fourth-order valence-corrected chi connectivity index (χ4v) is 3.45. The Morgan fingerprint density at radius 3 is 2.44 bits per heavy atom. The SMILES string of the molecule is CCOP(=O)(OCC)C(C)C1CC(C)=NO1. The summed E-state index contributed by atoms with van der Waals surface area (Å²) >= 11 is 0. The summed E-state index contributed by atoms with van der Waals surface area (Å²) in [6.45, 7) is 8.05. The summed E-state index contributed by atoms with van der Waals surface area (Å²) in [7, 11) is -3.08. The van der Waals surface area contributed by atoms with E-state index in [4.69, 9.17) is 13.9 Å². The Kier molecular flexibility index (Phi) is 4.96. The molecule has 0 N–H and O–H groups in total. The van der Waals surface area contributed by atoms with Gasteiger partial charge in [0.1, 0.15) is 6.10 Å². The van der Waals surface area contributed by atoms with Gasteiger partial charge in [-0.15, -0.1) is 0 Å². The highest BCUT2D eigenvalue weighted by atomic mass is 31.2. The van der Waals surface area contributed by atoms with Gasteiger partial charge in [-0.3, -0.25) is 4.57 Å². The van der Waals surface area contributed by atoms with E-state index >= 15 is 0 Å². The Labute approximate surface area is 96.7 Å². The second-order valence-electron chi connectivity index (χ2n) is 3.79. The first-order valence-corrected chi connectivity index (χ1v) is 7.22. The summed E-state index contributed by atoms with van der Waals surface area (Å²) in [4.78, 5) is 5.22. The fourth-order valence-electron chi connectivity index (χ4n) is 1.62. The predicted molar refractivity (Wildman–Crippen MR) is 62.9 cm³/mol. The van der Waals surface area contributed by atoms with Gasteiger partial charge in [-0.05, 0) is 27.7 Å². The maximum Gasteiger partial charge on any atom is 0.337 e. The van der Waals surface area contributed by atoms with Crippen molar-refractivity contribution in [2.45, 2.75) is 45.9 Å². The molecule has 16 heavy (non-hydrogen) atoms. The van der Waals surface area contributed by atoms with Crippen LogP contribution in [-0.2, 0) is 18.5 Å². The van der Waals surface area contributed by atoms with E-state index in [0.29, 0.717) is 19.6 Å². The second kappa shape index (κ2) is 5.80. The van der Waals surface area contributed by atoms with Crippen molar-refractivity contribution in [2.24, 2.45) is 5.16 Å². The van der Waals surface area contributed by atoms with Gasteiger partial charge in [0.2, 0.25) is 0 Å². The highest BCUT2D eigenvalue weighted by Crippen LogP contribution is 2.55. The first-order valence-electron chi connectivity index (χ1n) is 5.61. The molecule has 5 nitrogen and oxygen atoms in total. The second-order valence-corrected chi connectivity index (χ2v) is 6.20. The molecule has 94 valence electrons. The number of rotatable bonds is 6. The van der Waals surface area contributed by atoms with Crippen LogP contribution in [0, 0.1) is 0 Å². The van der Waals surface area contributed by atoms with Crippen molar-refractivity contribution in [1.82, 2.24) is 0 Å². The quantitative estimate of drug-likeness (QED) is 0.679. The third-order valence-corrected chi connectivity index (χ3v) is 5.06. The molecule has 0 aromatic rings. The summed E-state index contributed by atoms with van der Waals surface area (Å²) in [5.74, 6) is 0. The topological polar surface area (TPSA) is 57.1 Å². The smallest absolute Gasteiger partial charge is 0.337 e. The molecular formula is C10H20NO4P. The van der Waals surface area contributed by atoms with E-state index in [1.54, 1.807) is 13.8 Å². The van der Waals surface area contributed by atoms with Gasteiger partial charge in [-0.1, -0.05) is 5.16 Å². The Hall–Kier alpha value is -0.380. The molecule has 0 aromatic heterocycles. The third-order valence-electron chi connectivity index (χ3n) is 2.50. The molecule has 1 heterocycles. The van der Waals surface area contributed by atoms with Gasteiger partial charge in [-0.2, -0.15) is 0 Å². The van der Waals surface area contributed by atoms with E-state index in [1.807, 2.05) is 13.8 Å². The summed E-state index contributed by atoms with van der Waals surface area (Å²) in [5.41, 5.74) is 0.616. The maximum atomic E-state index is 12.4. The Morgan fingerprint density at radius 2 is 2.06 bits per heavy atom. The van der Waals surface area contributed by atoms with Gasteiger partial charge in [0.25, 0.3) is 0 Å². The minimum atomic E-state index is -3.08. The molecule has 2 atom stereocenters. The van der Waals surface area contributed by atoms with Crippen molar-refractivity contribution < 1.29 is 18.5 Å². The summed E-state index contributed by atoms with van der Waals surface area (Å²) < 4.78 is 23.0. The molecule has 0 saturated heterocycles. The van der Waals surface area contributed by atoms with Crippen LogP contribution >= 0.6 is 7.60 Å². The van der Waals surface area contributed by atoms with E-state index in [2.05, 4.69) is 5.16 Å². The largest absolute Gasteiger partial charge is 0.391 e. The molecule has 1 rings (SSSR count). The number of nitrogens with zero attached hydrogens (tertiary/aromatic N) is 1. The number of hydrogen-bond acceptors (Lipinski definition) is 5. The number of oxime groups is 1. The van der Waals surface area contributed by atoms with Crippen LogP contribution in [-0.4, -0.2) is 30.7 Å². The van der Waals surface area contributed by atoms with Crippen molar-refractivity contribution in [2.75, 3.05) is 13.2 Å². The van der Waals surface area contributed by atoms with Crippen LogP contribution in [0.3, 0.4) is 0 Å². The lowest BCUT2D eigenvalue weighted by Crippen LogP contribution is -2.25. The van der Waals surface area contributed by atoms with Crippen LogP contribution < -0.4 is 0 Å². The Morgan fingerprint density at radius 1 is 1.50 bits per heavy atom. The molecule has 0 saturated carbocycles. The first-order chi connectivity index (χ1) is 7.53. The van der Waals surface area contributed by atoms with Crippen molar-refractivity contribution in [3.8, 4) is 0 Å². The lowest BCUT2D eigenvalue weighted by Gasteiger charge is -2.26. The van der Waals surface area contributed by atoms with Crippen LogP contribution in [0.1, 0.15) is 34.1 Å². The molecule has 0 aromatic carbocycles. The highest BCUT2D eigenvalue weighted by molar-refractivity contribution is 7.54. The molecule has 0 aliphatic carbocycles. The molecule has 0 radical (unpaired) electrons. The van der Waals surface area contributed by atoms with Crippen LogP contribution in [0.2, 0.25) is 0 Å². The van der Waals surface area contributed by atoms with Gasteiger partial charge >= 0.3 is 7.60 Å². The lowest BCUT2D eigenvalue weighted by molar-refractivity contribution is 0.0742. The molecule has 0 spiro atoms. The molecular weight excluding hydrogens is 229 g/mol. The van der Waals surface area contributed by atoms with E-state index in [-0.39, 0.29) is 11.8 Å². The zero-order valence-electron chi connectivity index (χ0n) is 10.3. The lowest BCUT2D eigenvalue weighted by atomic mass is 10.1. The normalized spacial score (nSPS) is 22.8. The van der Waals surface area contributed by atoms with Gasteiger partial charge < -0.3 is 13.9 Å². The molecule has 2 unspecified atom stereocenters. The van der Waals surface area contributed by atoms with E-state index in [0.717, 1.165) is 5.71 Å². The summed E-state index contributed by atoms with van der Waals surface area (Å²) in [6, 6.07) is 0. The van der Waals surface area contributed by atoms with E-state index < -0.39 is 7.60 Å². The minimum Gasteiger partial charge on any atom is -0.391 e. The highest BCUT2D eigenvalue weighted by Gasteiger charge is 2.41. The third kappa shape index (κ3) is 3.06. The van der Waals surface area contributed by atoms with Gasteiger partial charge in [-0.25, -0.2) is 0 Å². The molecule has 6 heteroatoms. The first kappa shape index (κ1) is 13.7. The van der Waals surface area contributed by atoms with Crippen LogP contribution in [0.15, 0.2) is 5.16 Å². The van der Waals surface area contributed by atoms with Crippen LogP contribution in [0.25, 0.3) is 0 Å². The summed E-state index contributed by atoms with van der Waals surface area (Å²) in [5, 5.41) is 3.86. The molecule has 1 aliphatic heterocycles. The zero-order chi connectivity index (χ0) is 12.2. The van der Waals surface area contributed by atoms with Crippen LogP contribution in [0.4, 0.5) is 0 Å². The van der Waals surface area contributed by atoms with E-state index in [1.165, 1.54) is 0 Å². The van der Waals surface area contributed by atoms with Gasteiger partial charge in [0.15, 0.2) is 0 Å². The minimum absolute atomic E-state index is 0.205. The fraction of sp³-hybridized carbons (Fsp3) is 0.900. The molecule has 1 aliphatic rings. The van der Waals surface area contributed by atoms with Crippen LogP contribution in [0.5, 0.6) is 0 Å². The Bertz CT molecular complexity index is 295. The Balaban J connectivity index is 2.68. The molecule has 0 fully saturated rings. The zero-order valence-corrected chi connectivity index (χ0v) is 11.2. The van der Waals surface area contributed by atoms with E-state index in [9.17, 15) is 4.57 Å². The average Bonchev–Trinajstić information content (AvgIpc) is 2.64. The maximum absolute atomic E-state index is 12.4. The van der Waals surface area contributed by atoms with Gasteiger partial charge in [0, 0.05) is 6.42 Å². The van der Waals surface area contributed by atoms with Gasteiger partial charge in [0.05, 0.1) is 24.6 Å². The monoisotopic (exact) mass is 249 g/mol. The predicted octanol–water partition coefficient (Wildman–Crippen LogP) is 2.81. The van der Waals surface area contributed by atoms with Crippen molar-refractivity contribution in [3.63, 3.8) is 0 Å². The molecule has 0 amide bonds. The molecule has 0 bridgehead atoms. The van der Waals surface area contributed by atoms with Crippen molar-refractivity contribution >= 4 is 13.3 Å². The summed E-state index contributed by atoms with van der Waals surface area (Å²) in [6.07, 6.45) is 0.481. The average molecular weight is 249 g/mol. The number of hydrogen-bond donors (Lipinski definition) is 0.